The monoisotopic (exact) mass is 1210 g/mol. The molecule has 2 nitrogen and oxygen atoms in total. The van der Waals surface area contributed by atoms with Crippen LogP contribution >= 0.6 is 52.2 Å². The van der Waals surface area contributed by atoms with Crippen molar-refractivity contribution in [3.63, 3.8) is 0 Å². The second-order valence-corrected chi connectivity index (χ2v) is 23.5. The van der Waals surface area contributed by atoms with Crippen molar-refractivity contribution in [2.75, 3.05) is 0 Å². The number of carbonyl (C=O) groups excluding carboxylic acids is 1. The minimum atomic E-state index is -0.333. The summed E-state index contributed by atoms with van der Waals surface area (Å²) in [4.78, 5) is 9.22. The van der Waals surface area contributed by atoms with E-state index in [0.717, 1.165) is 0 Å². The fourth-order valence-electron chi connectivity index (χ4n) is 5.41. The summed E-state index contributed by atoms with van der Waals surface area (Å²) in [6.07, 6.45) is 1.18. The average Bonchev–Trinajstić information content (AvgIpc) is 3.88. The molecule has 4 heterocycles. The molecule has 0 fully saturated rings. The Labute approximate surface area is 354 Å². The van der Waals surface area contributed by atoms with Crippen molar-refractivity contribution < 1.29 is 17.6 Å². The van der Waals surface area contributed by atoms with Gasteiger partial charge in [-0.25, -0.2) is 0 Å². The van der Waals surface area contributed by atoms with Crippen LogP contribution in [0.25, 0.3) is 56.3 Å². The first-order valence-electron chi connectivity index (χ1n) is 15.6. The molecule has 1 amide bonds. The fraction of sp³-hybridized carbons (Fsp3) is 0.175. The molecule has 1 aliphatic carbocycles. The first kappa shape index (κ1) is 40.8. The maximum atomic E-state index is 9.22. The van der Waals surface area contributed by atoms with E-state index >= 15 is 0 Å². The topological polar surface area (TPSA) is 43.1 Å². The van der Waals surface area contributed by atoms with Crippen molar-refractivity contribution >= 4 is 155 Å². The summed E-state index contributed by atoms with van der Waals surface area (Å²) in [5, 5.41) is 5.84. The van der Waals surface area contributed by atoms with E-state index in [0.29, 0.717) is 63.4 Å². The normalized spacial score (nSPS) is 11.4. The first-order valence-corrected chi connectivity index (χ1v) is 27.1. The van der Waals surface area contributed by atoms with Gasteiger partial charge in [0.25, 0.3) is 0 Å². The standard InChI is InChI=1S/C17H10Se2.C16H8Br2Se2.C5H12.C2H5NO.Cu.HI/c1-3-7-14-10(5-1)12-9-13-11-6-2-4-8-15(11)19-17(13)16(12)18-14;17-13-9-5-1-3-7-11(9)19-15(13)16-14(18)10-6-2-4-8-12(10)20-16;1-5(2,3)4;1-2(3)4;;/h1-8H,9H2;1-8H;1-4H3;1H3,(H2,3,4);;1H/q;;;;+1;/p-1. The van der Waals surface area contributed by atoms with Gasteiger partial charge in [0.05, 0.1) is 0 Å². The number of hydrogen-bond donors (Lipinski definition) is 1. The third-order valence-electron chi connectivity index (χ3n) is 7.23. The Bertz CT molecular complexity index is 2250. The second-order valence-electron chi connectivity index (χ2n) is 13.1. The molecule has 50 heavy (non-hydrogen) atoms. The molecule has 4 aromatic carbocycles. The third-order valence-corrected chi connectivity index (χ3v) is 21.5. The molecule has 0 unspecified atom stereocenters. The van der Waals surface area contributed by atoms with Gasteiger partial charge in [-0.1, -0.05) is 27.7 Å². The Hall–Kier alpha value is -0.403. The van der Waals surface area contributed by atoms with Crippen molar-refractivity contribution in [1.29, 1.82) is 0 Å². The van der Waals surface area contributed by atoms with E-state index in [1.165, 1.54) is 50.5 Å². The SMILES string of the molecule is Brc1c(-c2[se]c3ccccc3c2Br)[se]c2ccccc12.CC(C)(C)C.CC(N)=O.[Cu][I].c1ccc2c3c([se]c2c1)-c1[se]c2ccccc2c1C3. The van der Waals surface area contributed by atoms with Crippen LogP contribution in [0.3, 0.4) is 0 Å². The average molecular weight is 1210 g/mol. The number of rotatable bonds is 1. The van der Waals surface area contributed by atoms with Gasteiger partial charge in [0.1, 0.15) is 0 Å². The van der Waals surface area contributed by atoms with Crippen molar-refractivity contribution in [3.8, 4) is 17.7 Å². The third kappa shape index (κ3) is 9.63. The Balaban J connectivity index is 0.000000152. The minimum absolute atomic E-state index is 0.333. The Morgan fingerprint density at radius 3 is 1.12 bits per heavy atom. The fourth-order valence-corrected chi connectivity index (χ4v) is 19.7. The molecule has 10 heteroatoms. The molecule has 8 aromatic rings. The van der Waals surface area contributed by atoms with Crippen LogP contribution in [0.2, 0.25) is 0 Å². The molecule has 0 saturated heterocycles. The molecule has 0 saturated carbocycles. The second kappa shape index (κ2) is 18.3. The van der Waals surface area contributed by atoms with Gasteiger partial charge >= 0.3 is 303 Å². The first-order chi connectivity index (χ1) is 23.9. The van der Waals surface area contributed by atoms with Crippen molar-refractivity contribution in [3.05, 3.63) is 117 Å². The van der Waals surface area contributed by atoms with E-state index in [-0.39, 0.29) is 5.91 Å². The molecule has 0 spiro atoms. The Morgan fingerprint density at radius 2 is 0.820 bits per heavy atom. The Kier molecular flexibility index (Phi) is 14.9. The van der Waals surface area contributed by atoms with Crippen LogP contribution in [0.5, 0.6) is 0 Å². The zero-order valence-electron chi connectivity index (χ0n) is 28.0. The number of amides is 1. The van der Waals surface area contributed by atoms with E-state index in [9.17, 15) is 4.79 Å². The van der Waals surface area contributed by atoms with E-state index in [1.807, 2.05) is 0 Å². The van der Waals surface area contributed by atoms with Crippen molar-refractivity contribution in [1.82, 2.24) is 0 Å². The molecular formula is C40H35Br2CuINOSe4. The van der Waals surface area contributed by atoms with Crippen LogP contribution in [0, 0.1) is 5.41 Å². The summed E-state index contributed by atoms with van der Waals surface area (Å²) in [6.45, 7) is 10.1. The van der Waals surface area contributed by atoms with Crippen molar-refractivity contribution in [2.24, 2.45) is 11.1 Å². The maximum absolute atomic E-state index is 9.22. The van der Waals surface area contributed by atoms with Gasteiger partial charge in [0.2, 0.25) is 5.91 Å². The molecule has 0 aliphatic heterocycles. The van der Waals surface area contributed by atoms with E-state index in [2.05, 4.69) is 175 Å². The summed E-state index contributed by atoms with van der Waals surface area (Å²) in [7, 11) is 0. The van der Waals surface area contributed by atoms with Crippen LogP contribution in [0.1, 0.15) is 45.7 Å². The molecule has 4 aromatic heterocycles. The summed E-state index contributed by atoms with van der Waals surface area (Å²) in [5.74, 6) is -0.333. The number of hydrogen-bond acceptors (Lipinski definition) is 1. The number of fused-ring (bicyclic) bond motifs is 9. The summed E-state index contributed by atoms with van der Waals surface area (Å²) >= 11 is 15.5. The van der Waals surface area contributed by atoms with Gasteiger partial charge in [-0.15, -0.1) is 0 Å². The zero-order valence-corrected chi connectivity index (χ0v) is 41.1. The molecule has 0 bridgehead atoms. The number of carbonyl (C=O) groups is 1. The molecule has 1 aliphatic rings. The molecular weight excluding hydrogens is 1180 g/mol. The van der Waals surface area contributed by atoms with Crippen LogP contribution in [-0.4, -0.2) is 63.9 Å². The van der Waals surface area contributed by atoms with E-state index in [1.54, 1.807) is 59.6 Å². The van der Waals surface area contributed by atoms with Crippen LogP contribution < -0.4 is 5.73 Å². The summed E-state index contributed by atoms with van der Waals surface area (Å²) < 4.78 is 15.2. The van der Waals surface area contributed by atoms with Gasteiger partial charge in [-0.3, -0.25) is 4.79 Å². The summed E-state index contributed by atoms with van der Waals surface area (Å²) in [6, 6.07) is 35.5. The predicted molar refractivity (Wildman–Crippen MR) is 234 cm³/mol. The Morgan fingerprint density at radius 1 is 0.580 bits per heavy atom. The number of primary amides is 1. The van der Waals surface area contributed by atoms with Crippen LogP contribution in [0.4, 0.5) is 0 Å². The number of nitrogens with two attached hydrogens (primary N) is 1. The van der Waals surface area contributed by atoms with Crippen LogP contribution in [-0.2, 0) is 24.0 Å². The van der Waals surface area contributed by atoms with Crippen molar-refractivity contribution in [2.45, 2.75) is 41.0 Å². The van der Waals surface area contributed by atoms with E-state index < -0.39 is 0 Å². The van der Waals surface area contributed by atoms with E-state index in [4.69, 9.17) is 0 Å². The molecule has 2 N–H and O–H groups in total. The molecule has 262 valence electrons. The summed E-state index contributed by atoms with van der Waals surface area (Å²) in [5.41, 5.74) is 8.27. The molecule has 9 rings (SSSR count). The quantitative estimate of drug-likeness (QED) is 0.129. The van der Waals surface area contributed by atoms with Crippen LogP contribution in [0.15, 0.2) is 106 Å². The molecule has 0 atom stereocenters. The van der Waals surface area contributed by atoms with Gasteiger partial charge in [-0.05, 0) is 5.41 Å². The molecule has 0 radical (unpaired) electrons. The number of halogens is 3. The van der Waals surface area contributed by atoms with Gasteiger partial charge < -0.3 is 5.73 Å². The van der Waals surface area contributed by atoms with Gasteiger partial charge in [0.15, 0.2) is 0 Å². The van der Waals surface area contributed by atoms with Gasteiger partial charge in [-0.2, -0.15) is 0 Å². The zero-order chi connectivity index (χ0) is 36.2. The predicted octanol–water partition coefficient (Wildman–Crippen LogP) is 11.4. The van der Waals surface area contributed by atoms with Gasteiger partial charge in [0, 0.05) is 6.92 Å². The number of benzene rings is 4.